The number of aliphatic carboxylic acids is 2. The normalized spacial score (nSPS) is 14.4. The van der Waals surface area contributed by atoms with Crippen LogP contribution in [0.25, 0.3) is 0 Å². The minimum Gasteiger partial charge on any atom is -0.508 e. The number of carbonyl (C=O) groups is 12. The van der Waals surface area contributed by atoms with Crippen molar-refractivity contribution in [3.05, 3.63) is 29.8 Å². The van der Waals surface area contributed by atoms with E-state index in [1.54, 1.807) is 6.26 Å². The summed E-state index contributed by atoms with van der Waals surface area (Å²) in [7, 11) is 0. The Morgan fingerprint density at radius 1 is 0.418 bits per heavy atom. The molecule has 1 rings (SSSR count). The van der Waals surface area contributed by atoms with Gasteiger partial charge in [0.1, 0.15) is 66.2 Å². The van der Waals surface area contributed by atoms with Crippen molar-refractivity contribution in [2.75, 3.05) is 51.3 Å². The molecule has 1 aromatic rings. The molecule has 0 aliphatic carbocycles. The van der Waals surface area contributed by atoms with E-state index in [9.17, 15) is 72.9 Å². The lowest BCUT2D eigenvalue weighted by Crippen LogP contribution is -2.60. The number of phenolic OH excluding ortho intramolecular Hbond substituents is 1. The van der Waals surface area contributed by atoms with Crippen LogP contribution in [0.15, 0.2) is 24.3 Å². The Morgan fingerprint density at radius 2 is 0.735 bits per heavy atom. The van der Waals surface area contributed by atoms with Crippen molar-refractivity contribution in [1.82, 2.24) is 63.8 Å². The van der Waals surface area contributed by atoms with Gasteiger partial charge in [0.05, 0.1) is 6.04 Å². The van der Waals surface area contributed by atoms with E-state index < -0.39 is 150 Å². The number of guanidine groups is 2. The lowest BCUT2D eigenvalue weighted by molar-refractivity contribution is -0.142. The third-order valence-corrected chi connectivity index (χ3v) is 15.9. The zero-order chi connectivity index (χ0) is 73.7. The zero-order valence-electron chi connectivity index (χ0n) is 56.4. The van der Waals surface area contributed by atoms with E-state index in [2.05, 4.69) is 63.8 Å². The molecule has 0 saturated carbocycles. The molecular formula is C61H109N21O15S. The Balaban J connectivity index is 3.64. The smallest absolute Gasteiger partial charge is 0.325 e. The molecule has 554 valence electrons. The lowest BCUT2D eigenvalue weighted by Gasteiger charge is -2.28. The molecule has 0 aromatic heterocycles. The minimum atomic E-state index is -1.65. The van der Waals surface area contributed by atoms with Gasteiger partial charge in [0.2, 0.25) is 59.1 Å². The molecule has 0 fully saturated rings. The maximum atomic E-state index is 14.5. The van der Waals surface area contributed by atoms with Gasteiger partial charge in [-0.05, 0) is 185 Å². The number of thioether (sulfide) groups is 1. The average molecular weight is 1410 g/mol. The van der Waals surface area contributed by atoms with Crippen molar-refractivity contribution in [3.8, 4) is 5.75 Å². The number of nitrogens with two attached hydrogens (primary N) is 7. The molecule has 0 bridgehead atoms. The number of carbonyl (C=O) groups excluding carboxylic acids is 10. The van der Waals surface area contributed by atoms with Gasteiger partial charge in [0.25, 0.3) is 0 Å². The second-order valence-corrected chi connectivity index (χ2v) is 24.6. The van der Waals surface area contributed by atoms with Crippen molar-refractivity contribution in [3.63, 3.8) is 0 Å². The Labute approximate surface area is 575 Å². The standard InChI is InChI=1S/C61H109N21O15S/c1-35(49(86)75-41(16-5-9-28-63)56(93)82-47(34-37-20-22-38(83)23-21-37)58(95)80-45(24-25-48(84)85)57(94)77-40(15-4-8-27-62)51(88)74-36(2)59(96)97)73-52(89)46(26-33-98-3)81-55(92)44(19-13-32-72-61(69)70)79-54(91)43(18-7-11-30-65)78-53(90)42(17-6-10-29-64)76-50(87)39(66)14-12-31-71-60(67)68/h20-23,35-36,39-47,83H,4-19,24-34,62-66H2,1-3H3,(H,73,89)(H,74,88)(H,75,86)(H,76,87)(H,77,94)(H,78,90)(H,79,91)(H,80,95)(H,81,92)(H,82,93)(H,84,85)(H,96,97)(H4,67,68,71)(H4,69,70,72)/t35-,36-,39-,40-,41-,42-,43-,44-,45-,46-,47-/m0/s1. The van der Waals surface area contributed by atoms with Crippen LogP contribution in [-0.2, 0) is 64.0 Å². The molecule has 1 aromatic carbocycles. The third-order valence-electron chi connectivity index (χ3n) is 15.3. The number of aromatic hydroxyl groups is 1. The number of phenols is 1. The highest BCUT2D eigenvalue weighted by Gasteiger charge is 2.36. The fourth-order valence-corrected chi connectivity index (χ4v) is 10.1. The fraction of sp³-hybridized carbons (Fsp3) is 0.672. The van der Waals surface area contributed by atoms with Crippen LogP contribution in [0.5, 0.6) is 5.75 Å². The summed E-state index contributed by atoms with van der Waals surface area (Å²) in [4.78, 5) is 164. The van der Waals surface area contributed by atoms with Crippen LogP contribution < -0.4 is 104 Å². The lowest BCUT2D eigenvalue weighted by atomic mass is 10.0. The molecule has 36 nitrogen and oxygen atoms in total. The van der Waals surface area contributed by atoms with Crippen LogP contribution in [0.2, 0.25) is 0 Å². The predicted octanol–water partition coefficient (Wildman–Crippen LogP) is -5.11. The van der Waals surface area contributed by atoms with Gasteiger partial charge < -0.3 is 119 Å². The summed E-state index contributed by atoms with van der Waals surface area (Å²) in [5, 5.41) is 75.2. The highest BCUT2D eigenvalue weighted by molar-refractivity contribution is 7.98. The summed E-state index contributed by atoms with van der Waals surface area (Å²) >= 11 is 1.33. The van der Waals surface area contributed by atoms with Crippen molar-refractivity contribution < 1.29 is 72.9 Å². The van der Waals surface area contributed by atoms with Gasteiger partial charge in [0, 0.05) is 25.9 Å². The zero-order valence-corrected chi connectivity index (χ0v) is 57.3. The molecular weight excluding hydrogens is 1300 g/mol. The van der Waals surface area contributed by atoms with Crippen molar-refractivity contribution in [2.45, 2.75) is 209 Å². The first-order valence-electron chi connectivity index (χ1n) is 33.0. The predicted molar refractivity (Wildman–Crippen MR) is 368 cm³/mol. The third kappa shape index (κ3) is 37.2. The molecule has 0 unspecified atom stereocenters. The highest BCUT2D eigenvalue weighted by Crippen LogP contribution is 2.15. The summed E-state index contributed by atoms with van der Waals surface area (Å²) < 4.78 is 0. The molecule has 0 saturated heterocycles. The van der Waals surface area contributed by atoms with E-state index in [1.165, 1.54) is 49.9 Å². The fourth-order valence-electron chi connectivity index (χ4n) is 9.60. The summed E-state index contributed by atoms with van der Waals surface area (Å²) in [6.07, 6.45) is 4.03. The van der Waals surface area contributed by atoms with Crippen LogP contribution in [0, 0.1) is 10.8 Å². The molecule has 37 heteroatoms. The van der Waals surface area contributed by atoms with Crippen LogP contribution in [0.4, 0.5) is 0 Å². The van der Waals surface area contributed by atoms with E-state index >= 15 is 0 Å². The van der Waals surface area contributed by atoms with Gasteiger partial charge in [-0.25, -0.2) is 0 Å². The molecule has 31 N–H and O–H groups in total. The molecule has 0 heterocycles. The highest BCUT2D eigenvalue weighted by atomic mass is 32.2. The number of hydrogen-bond acceptors (Lipinski definition) is 21. The quantitative estimate of drug-likeness (QED) is 0.0165. The number of unbranched alkanes of at least 4 members (excludes halogenated alkanes) is 4. The Bertz CT molecular complexity index is 2720. The first-order chi connectivity index (χ1) is 46.5. The largest absolute Gasteiger partial charge is 0.508 e. The van der Waals surface area contributed by atoms with Gasteiger partial charge in [-0.2, -0.15) is 11.8 Å². The first kappa shape index (κ1) is 87.4. The Morgan fingerprint density at radius 3 is 1.10 bits per heavy atom. The Kier molecular flexibility index (Phi) is 44.4. The van der Waals surface area contributed by atoms with Gasteiger partial charge in [-0.3, -0.25) is 68.4 Å². The number of amides is 10. The number of rotatable bonds is 53. The van der Waals surface area contributed by atoms with Gasteiger partial charge in [-0.15, -0.1) is 0 Å². The first-order valence-corrected chi connectivity index (χ1v) is 34.4. The maximum Gasteiger partial charge on any atom is 0.325 e. The molecule has 0 aliphatic heterocycles. The summed E-state index contributed by atoms with van der Waals surface area (Å²) in [5.41, 5.74) is 40.4. The SMILES string of the molecule is CSCC[C@H](NC(=O)[C@H](CCCNC(=N)N)NC(=O)[C@H](CCCCN)NC(=O)[C@H](CCCCN)NC(=O)[C@@H](N)CCCNC(=N)N)C(=O)N[C@@H](C)C(=O)N[C@@H](CCCCN)C(=O)N[C@@H](Cc1ccc(O)cc1)C(=O)N[C@@H](CCC(=O)O)C(=O)N[C@@H](CCCCN)C(=O)N[C@@H](C)C(=O)O. The number of carboxylic acids is 2. The minimum absolute atomic E-state index is 0.00214. The van der Waals surface area contributed by atoms with Crippen molar-refractivity contribution in [1.29, 1.82) is 10.8 Å². The number of nitrogens with one attached hydrogen (secondary N) is 14. The second kappa shape index (κ2) is 49.8. The maximum absolute atomic E-state index is 14.5. The van der Waals surface area contributed by atoms with Crippen LogP contribution in [-0.4, -0.2) is 216 Å². The van der Waals surface area contributed by atoms with E-state index in [4.69, 9.17) is 51.0 Å². The average Bonchev–Trinajstić information content (AvgIpc) is 0.863. The Hall–Kier alpha value is -8.65. The second-order valence-electron chi connectivity index (χ2n) is 23.6. The van der Waals surface area contributed by atoms with E-state index in [-0.39, 0.29) is 115 Å². The molecule has 0 radical (unpaired) electrons. The van der Waals surface area contributed by atoms with E-state index in [1.807, 2.05) is 0 Å². The van der Waals surface area contributed by atoms with Crippen LogP contribution >= 0.6 is 11.8 Å². The molecule has 98 heavy (non-hydrogen) atoms. The summed E-state index contributed by atoms with van der Waals surface area (Å²) in [6, 6.07) is -9.49. The van der Waals surface area contributed by atoms with Crippen LogP contribution in [0.1, 0.15) is 141 Å². The summed E-state index contributed by atoms with van der Waals surface area (Å²) in [5.74, 6) is -11.8. The van der Waals surface area contributed by atoms with Gasteiger partial charge in [0.15, 0.2) is 11.9 Å². The van der Waals surface area contributed by atoms with E-state index in [0.717, 1.165) is 0 Å². The van der Waals surface area contributed by atoms with Crippen molar-refractivity contribution >= 4 is 94.7 Å². The number of benzene rings is 1. The van der Waals surface area contributed by atoms with Gasteiger partial charge >= 0.3 is 11.9 Å². The van der Waals surface area contributed by atoms with Crippen LogP contribution in [0.3, 0.4) is 0 Å². The topological polar surface area (TPSA) is 640 Å². The molecule has 0 spiro atoms. The number of carboxylic acid groups (broad SMARTS) is 2. The molecule has 11 atom stereocenters. The monoisotopic (exact) mass is 1410 g/mol. The van der Waals surface area contributed by atoms with Crippen molar-refractivity contribution in [2.24, 2.45) is 40.1 Å². The number of hydrogen-bond donors (Lipinski definition) is 24. The summed E-state index contributed by atoms with van der Waals surface area (Å²) in [6.45, 7) is 3.82. The van der Waals surface area contributed by atoms with E-state index in [0.29, 0.717) is 69.2 Å². The molecule has 10 amide bonds. The van der Waals surface area contributed by atoms with Gasteiger partial charge in [-0.1, -0.05) is 12.1 Å². The molecule has 0 aliphatic rings.